The SMILES string of the molecule is CC(C)(c1ccccc1)C(Cl)OC1CCc2ccccc21. The molecule has 2 heteroatoms. The molecule has 0 aromatic heterocycles. The predicted molar refractivity (Wildman–Crippen MR) is 87.7 cm³/mol. The summed E-state index contributed by atoms with van der Waals surface area (Å²) in [6, 6.07) is 18.9. The number of fused-ring (bicyclic) bond motifs is 1. The molecule has 3 rings (SSSR count). The van der Waals surface area contributed by atoms with Gasteiger partial charge in [0.25, 0.3) is 0 Å². The van der Waals surface area contributed by atoms with Crippen molar-refractivity contribution in [1.29, 1.82) is 0 Å². The van der Waals surface area contributed by atoms with E-state index in [0.29, 0.717) is 0 Å². The van der Waals surface area contributed by atoms with Crippen molar-refractivity contribution < 1.29 is 4.74 Å². The highest BCUT2D eigenvalue weighted by Gasteiger charge is 2.34. The van der Waals surface area contributed by atoms with E-state index in [2.05, 4.69) is 50.2 Å². The van der Waals surface area contributed by atoms with Crippen LogP contribution in [0.1, 0.15) is 43.1 Å². The van der Waals surface area contributed by atoms with Gasteiger partial charge >= 0.3 is 0 Å². The molecule has 0 bridgehead atoms. The van der Waals surface area contributed by atoms with E-state index in [1.165, 1.54) is 16.7 Å². The molecule has 0 saturated carbocycles. The van der Waals surface area contributed by atoms with Crippen molar-refractivity contribution in [2.75, 3.05) is 0 Å². The lowest BCUT2D eigenvalue weighted by Gasteiger charge is -2.32. The number of hydrogen-bond acceptors (Lipinski definition) is 1. The van der Waals surface area contributed by atoms with E-state index < -0.39 is 0 Å². The molecule has 1 aliphatic rings. The van der Waals surface area contributed by atoms with Gasteiger partial charge in [-0.05, 0) is 29.5 Å². The quantitative estimate of drug-likeness (QED) is 0.702. The van der Waals surface area contributed by atoms with Crippen molar-refractivity contribution in [3.05, 3.63) is 71.3 Å². The van der Waals surface area contributed by atoms with E-state index >= 15 is 0 Å². The van der Waals surface area contributed by atoms with Crippen LogP contribution in [0.2, 0.25) is 0 Å². The van der Waals surface area contributed by atoms with Gasteiger partial charge in [0, 0.05) is 5.41 Å². The molecule has 1 nitrogen and oxygen atoms in total. The third kappa shape index (κ3) is 2.86. The number of rotatable bonds is 4. The van der Waals surface area contributed by atoms with Crippen LogP contribution in [-0.2, 0) is 16.6 Å². The topological polar surface area (TPSA) is 9.23 Å². The number of ether oxygens (including phenoxy) is 1. The lowest BCUT2D eigenvalue weighted by atomic mass is 9.85. The van der Waals surface area contributed by atoms with Gasteiger partial charge in [0.15, 0.2) is 0 Å². The van der Waals surface area contributed by atoms with Crippen molar-refractivity contribution in [3.63, 3.8) is 0 Å². The van der Waals surface area contributed by atoms with E-state index in [1.54, 1.807) is 0 Å². The Bertz CT molecular complexity index is 606. The number of benzene rings is 2. The van der Waals surface area contributed by atoms with E-state index in [-0.39, 0.29) is 17.1 Å². The number of halogens is 1. The molecule has 0 amide bonds. The largest absolute Gasteiger partial charge is 0.354 e. The Morgan fingerprint density at radius 2 is 1.71 bits per heavy atom. The zero-order valence-corrected chi connectivity index (χ0v) is 13.3. The lowest BCUT2D eigenvalue weighted by molar-refractivity contribution is -0.00140. The second-order valence-corrected chi connectivity index (χ2v) is 6.66. The Balaban J connectivity index is 1.77. The Morgan fingerprint density at radius 3 is 2.48 bits per heavy atom. The average Bonchev–Trinajstić information content (AvgIpc) is 2.91. The predicted octanol–water partition coefficient (Wildman–Crippen LogP) is 5.23. The first-order valence-corrected chi connectivity index (χ1v) is 7.95. The standard InChI is InChI=1S/C19H21ClO/c1-19(2,15-9-4-3-5-10-15)18(20)21-17-13-12-14-8-6-7-11-16(14)17/h3-11,17-18H,12-13H2,1-2H3. The van der Waals surface area contributed by atoms with Gasteiger partial charge < -0.3 is 4.74 Å². The van der Waals surface area contributed by atoms with Crippen molar-refractivity contribution in [2.45, 2.75) is 43.8 Å². The molecule has 0 radical (unpaired) electrons. The Labute approximate surface area is 131 Å². The van der Waals surface area contributed by atoms with E-state index in [9.17, 15) is 0 Å². The minimum Gasteiger partial charge on any atom is -0.354 e. The molecule has 21 heavy (non-hydrogen) atoms. The molecule has 2 aromatic carbocycles. The van der Waals surface area contributed by atoms with Crippen LogP contribution in [0.15, 0.2) is 54.6 Å². The summed E-state index contributed by atoms with van der Waals surface area (Å²) in [4.78, 5) is 0. The maximum Gasteiger partial charge on any atom is 0.141 e. The minimum atomic E-state index is -0.351. The van der Waals surface area contributed by atoms with Crippen LogP contribution in [0.3, 0.4) is 0 Å². The van der Waals surface area contributed by atoms with Gasteiger partial charge in [-0.1, -0.05) is 80.0 Å². The number of hydrogen-bond donors (Lipinski definition) is 0. The third-order valence-electron chi connectivity index (χ3n) is 4.45. The highest BCUT2D eigenvalue weighted by atomic mass is 35.5. The molecule has 1 aliphatic carbocycles. The Hall–Kier alpha value is -1.31. The van der Waals surface area contributed by atoms with Crippen molar-refractivity contribution >= 4 is 11.6 Å². The van der Waals surface area contributed by atoms with Gasteiger partial charge in [-0.2, -0.15) is 0 Å². The molecule has 2 aromatic rings. The van der Waals surface area contributed by atoms with Gasteiger partial charge in [0.1, 0.15) is 5.56 Å². The van der Waals surface area contributed by atoms with Crippen molar-refractivity contribution in [2.24, 2.45) is 0 Å². The van der Waals surface area contributed by atoms with E-state index in [4.69, 9.17) is 16.3 Å². The molecule has 2 unspecified atom stereocenters. The number of aryl methyl sites for hydroxylation is 1. The molecule has 0 heterocycles. The summed E-state index contributed by atoms with van der Waals surface area (Å²) in [5, 5.41) is 0. The first kappa shape index (κ1) is 14.6. The Kier molecular flexibility index (Phi) is 4.05. The molecule has 110 valence electrons. The van der Waals surface area contributed by atoms with Crippen LogP contribution >= 0.6 is 11.6 Å². The molecule has 0 saturated heterocycles. The summed E-state index contributed by atoms with van der Waals surface area (Å²) in [6.07, 6.45) is 2.22. The van der Waals surface area contributed by atoms with E-state index in [1.807, 2.05) is 18.2 Å². The molecular formula is C19H21ClO. The van der Waals surface area contributed by atoms with Crippen LogP contribution in [0.25, 0.3) is 0 Å². The molecule has 0 aliphatic heterocycles. The molecule has 0 N–H and O–H groups in total. The average molecular weight is 301 g/mol. The van der Waals surface area contributed by atoms with Crippen LogP contribution in [0.4, 0.5) is 0 Å². The Morgan fingerprint density at radius 1 is 1.05 bits per heavy atom. The van der Waals surface area contributed by atoms with E-state index in [0.717, 1.165) is 12.8 Å². The van der Waals surface area contributed by atoms with Crippen LogP contribution in [0.5, 0.6) is 0 Å². The summed E-state index contributed by atoms with van der Waals surface area (Å²) in [7, 11) is 0. The first-order valence-electron chi connectivity index (χ1n) is 7.52. The van der Waals surface area contributed by atoms with Gasteiger partial charge in [0.2, 0.25) is 0 Å². The highest BCUT2D eigenvalue weighted by Crippen LogP contribution is 2.39. The number of alkyl halides is 1. The fourth-order valence-corrected chi connectivity index (χ4v) is 3.22. The molecule has 0 fully saturated rings. The second-order valence-electron chi connectivity index (χ2n) is 6.27. The van der Waals surface area contributed by atoms with Crippen LogP contribution < -0.4 is 0 Å². The monoisotopic (exact) mass is 300 g/mol. The zero-order chi connectivity index (χ0) is 14.9. The molecule has 0 spiro atoms. The van der Waals surface area contributed by atoms with Crippen LogP contribution in [-0.4, -0.2) is 5.56 Å². The zero-order valence-electron chi connectivity index (χ0n) is 12.6. The van der Waals surface area contributed by atoms with Crippen LogP contribution in [0, 0.1) is 0 Å². The van der Waals surface area contributed by atoms with Gasteiger partial charge in [-0.25, -0.2) is 0 Å². The van der Waals surface area contributed by atoms with Gasteiger partial charge in [-0.15, -0.1) is 0 Å². The maximum absolute atomic E-state index is 6.63. The smallest absolute Gasteiger partial charge is 0.141 e. The minimum absolute atomic E-state index is 0.117. The first-order chi connectivity index (χ1) is 10.1. The fraction of sp³-hybridized carbons (Fsp3) is 0.368. The maximum atomic E-state index is 6.63. The summed E-state index contributed by atoms with van der Waals surface area (Å²) in [6.45, 7) is 4.28. The summed E-state index contributed by atoms with van der Waals surface area (Å²) in [5.74, 6) is 0. The summed E-state index contributed by atoms with van der Waals surface area (Å²) >= 11 is 6.63. The normalized spacial score (nSPS) is 19.3. The fourth-order valence-electron chi connectivity index (χ4n) is 2.97. The molecular weight excluding hydrogens is 280 g/mol. The second kappa shape index (κ2) is 5.82. The van der Waals surface area contributed by atoms with Crippen molar-refractivity contribution in [1.82, 2.24) is 0 Å². The summed E-state index contributed by atoms with van der Waals surface area (Å²) in [5.41, 5.74) is 3.32. The lowest BCUT2D eigenvalue weighted by Crippen LogP contribution is -2.32. The molecule has 2 atom stereocenters. The van der Waals surface area contributed by atoms with Gasteiger partial charge in [0.05, 0.1) is 6.10 Å². The van der Waals surface area contributed by atoms with Crippen molar-refractivity contribution in [3.8, 4) is 0 Å². The third-order valence-corrected chi connectivity index (χ3v) is 5.10. The summed E-state index contributed by atoms with van der Waals surface area (Å²) < 4.78 is 6.22. The van der Waals surface area contributed by atoms with Gasteiger partial charge in [-0.3, -0.25) is 0 Å². The highest BCUT2D eigenvalue weighted by molar-refractivity contribution is 6.20.